The molecule has 0 atom stereocenters. The van der Waals surface area contributed by atoms with Gasteiger partial charge in [-0.1, -0.05) is 25.3 Å². The van der Waals surface area contributed by atoms with E-state index in [-0.39, 0.29) is 0 Å². The number of hydrogen-bond acceptors (Lipinski definition) is 3. The zero-order valence-electron chi connectivity index (χ0n) is 12.1. The number of fused-ring (bicyclic) bond motifs is 1. The Morgan fingerprint density at radius 2 is 2.10 bits per heavy atom. The number of ether oxygens (including phenoxy) is 1. The second-order valence-electron chi connectivity index (χ2n) is 5.78. The van der Waals surface area contributed by atoms with Gasteiger partial charge in [-0.3, -0.25) is 0 Å². The molecule has 21 heavy (non-hydrogen) atoms. The van der Waals surface area contributed by atoms with Gasteiger partial charge in [-0.2, -0.15) is 0 Å². The van der Waals surface area contributed by atoms with Crippen LogP contribution in [0.5, 0.6) is 0 Å². The second-order valence-corrected chi connectivity index (χ2v) is 5.78. The van der Waals surface area contributed by atoms with Crippen molar-refractivity contribution in [3.63, 3.8) is 0 Å². The standard InChI is InChI=1S/C17H21NO3/c19-17(20)15-9-4-8-14-16(10-5-11-18(14)15)21-12-13-6-2-1-3-7-13/h5,8-11,13H,1-4,6-7,12H2,(H,19,20). The Bertz CT molecular complexity index is 536. The quantitative estimate of drug-likeness (QED) is 0.859. The van der Waals surface area contributed by atoms with Crippen LogP contribution in [0, 0.1) is 5.92 Å². The average Bonchev–Trinajstić information content (AvgIpc) is 2.53. The molecule has 0 aromatic rings. The molecule has 3 rings (SSSR count). The number of carboxylic acid groups (broad SMARTS) is 1. The first kappa shape index (κ1) is 14.0. The largest absolute Gasteiger partial charge is 0.491 e. The Hall–Kier alpha value is -1.97. The van der Waals surface area contributed by atoms with Crippen molar-refractivity contribution in [2.24, 2.45) is 5.92 Å². The van der Waals surface area contributed by atoms with Crippen molar-refractivity contribution < 1.29 is 14.6 Å². The first-order chi connectivity index (χ1) is 10.3. The minimum atomic E-state index is -0.904. The molecule has 1 aliphatic carbocycles. The van der Waals surface area contributed by atoms with Crippen LogP contribution in [0.3, 0.4) is 0 Å². The van der Waals surface area contributed by atoms with Crippen molar-refractivity contribution in [2.45, 2.75) is 38.5 Å². The monoisotopic (exact) mass is 287 g/mol. The molecule has 0 amide bonds. The number of rotatable bonds is 4. The van der Waals surface area contributed by atoms with Crippen LogP contribution in [0.2, 0.25) is 0 Å². The smallest absolute Gasteiger partial charge is 0.352 e. The van der Waals surface area contributed by atoms with Crippen LogP contribution < -0.4 is 0 Å². The zero-order valence-corrected chi connectivity index (χ0v) is 12.1. The maximum absolute atomic E-state index is 11.3. The molecule has 1 N–H and O–H groups in total. The Morgan fingerprint density at radius 3 is 2.86 bits per heavy atom. The summed E-state index contributed by atoms with van der Waals surface area (Å²) in [5.41, 5.74) is 1.16. The van der Waals surface area contributed by atoms with E-state index in [0.717, 1.165) is 18.1 Å². The molecule has 0 radical (unpaired) electrons. The van der Waals surface area contributed by atoms with E-state index >= 15 is 0 Å². The van der Waals surface area contributed by atoms with Crippen LogP contribution in [-0.2, 0) is 9.53 Å². The summed E-state index contributed by atoms with van der Waals surface area (Å²) in [6, 6.07) is 0. The molecule has 2 heterocycles. The van der Waals surface area contributed by atoms with E-state index in [9.17, 15) is 9.90 Å². The minimum Gasteiger partial charge on any atom is -0.491 e. The molecule has 4 heteroatoms. The lowest BCUT2D eigenvalue weighted by atomic mass is 9.90. The predicted molar refractivity (Wildman–Crippen MR) is 80.0 cm³/mol. The van der Waals surface area contributed by atoms with Crippen molar-refractivity contribution in [3.8, 4) is 0 Å². The van der Waals surface area contributed by atoms with Gasteiger partial charge in [0.05, 0.1) is 12.3 Å². The maximum atomic E-state index is 11.3. The summed E-state index contributed by atoms with van der Waals surface area (Å²) in [4.78, 5) is 13.0. The lowest BCUT2D eigenvalue weighted by Gasteiger charge is -2.31. The van der Waals surface area contributed by atoms with Gasteiger partial charge in [-0.15, -0.1) is 0 Å². The van der Waals surface area contributed by atoms with Gasteiger partial charge < -0.3 is 14.7 Å². The van der Waals surface area contributed by atoms with E-state index in [1.807, 2.05) is 18.2 Å². The van der Waals surface area contributed by atoms with Crippen LogP contribution in [0.15, 0.2) is 47.7 Å². The fourth-order valence-electron chi connectivity index (χ4n) is 3.16. The summed E-state index contributed by atoms with van der Waals surface area (Å²) in [6.07, 6.45) is 16.3. The highest BCUT2D eigenvalue weighted by atomic mass is 16.5. The number of aliphatic carboxylic acids is 1. The van der Waals surface area contributed by atoms with Crippen molar-refractivity contribution in [1.82, 2.24) is 4.90 Å². The molecule has 0 saturated heterocycles. The topological polar surface area (TPSA) is 49.8 Å². The second kappa shape index (κ2) is 6.20. The van der Waals surface area contributed by atoms with E-state index in [0.29, 0.717) is 18.0 Å². The Balaban J connectivity index is 1.66. The van der Waals surface area contributed by atoms with Crippen molar-refractivity contribution in [1.29, 1.82) is 0 Å². The van der Waals surface area contributed by atoms with E-state index < -0.39 is 5.97 Å². The van der Waals surface area contributed by atoms with Crippen molar-refractivity contribution in [2.75, 3.05) is 6.61 Å². The molecule has 2 aliphatic heterocycles. The summed E-state index contributed by atoms with van der Waals surface area (Å²) < 4.78 is 6.00. The third kappa shape index (κ3) is 3.04. The Kier molecular flexibility index (Phi) is 4.13. The molecule has 0 aromatic carbocycles. The Morgan fingerprint density at radius 1 is 1.29 bits per heavy atom. The number of allylic oxidation sites excluding steroid dienone is 4. The molecule has 3 aliphatic rings. The molecule has 1 saturated carbocycles. The third-order valence-corrected chi connectivity index (χ3v) is 4.30. The van der Waals surface area contributed by atoms with Gasteiger partial charge in [-0.05, 0) is 43.4 Å². The van der Waals surface area contributed by atoms with Gasteiger partial charge in [0.2, 0.25) is 0 Å². The zero-order chi connectivity index (χ0) is 14.7. The highest BCUT2D eigenvalue weighted by Gasteiger charge is 2.26. The first-order valence-corrected chi connectivity index (χ1v) is 7.70. The van der Waals surface area contributed by atoms with Crippen LogP contribution in [-0.4, -0.2) is 22.6 Å². The summed E-state index contributed by atoms with van der Waals surface area (Å²) in [6.45, 7) is 0.733. The molecule has 4 nitrogen and oxygen atoms in total. The van der Waals surface area contributed by atoms with Crippen LogP contribution >= 0.6 is 0 Å². The van der Waals surface area contributed by atoms with Gasteiger partial charge in [0.15, 0.2) is 0 Å². The SMILES string of the molecule is O=C(O)C1=CCC=C2C(OCC3CCCCC3)=CC=CN12. The normalized spacial score (nSPS) is 22.1. The van der Waals surface area contributed by atoms with Crippen molar-refractivity contribution >= 4 is 5.97 Å². The molecule has 0 aromatic heterocycles. The van der Waals surface area contributed by atoms with Gasteiger partial charge in [-0.25, -0.2) is 4.79 Å². The molecule has 1 fully saturated rings. The Labute approximate surface area is 125 Å². The van der Waals surface area contributed by atoms with Gasteiger partial charge in [0.1, 0.15) is 11.5 Å². The lowest BCUT2D eigenvalue weighted by Crippen LogP contribution is -2.27. The van der Waals surface area contributed by atoms with Gasteiger partial charge in [0, 0.05) is 6.20 Å². The highest BCUT2D eigenvalue weighted by molar-refractivity contribution is 5.87. The average molecular weight is 287 g/mol. The van der Waals surface area contributed by atoms with E-state index in [1.54, 1.807) is 17.2 Å². The molecule has 112 valence electrons. The number of carbonyl (C=O) groups is 1. The maximum Gasteiger partial charge on any atom is 0.352 e. The summed E-state index contributed by atoms with van der Waals surface area (Å²) >= 11 is 0. The summed E-state index contributed by atoms with van der Waals surface area (Å²) in [5, 5.41) is 9.27. The van der Waals surface area contributed by atoms with E-state index in [4.69, 9.17) is 4.74 Å². The number of hydrogen-bond donors (Lipinski definition) is 1. The summed E-state index contributed by atoms with van der Waals surface area (Å²) in [5.74, 6) is 0.520. The van der Waals surface area contributed by atoms with E-state index in [2.05, 4.69) is 0 Å². The molecular weight excluding hydrogens is 266 g/mol. The minimum absolute atomic E-state index is 0.301. The predicted octanol–water partition coefficient (Wildman–Crippen LogP) is 3.55. The summed E-state index contributed by atoms with van der Waals surface area (Å²) in [7, 11) is 0. The van der Waals surface area contributed by atoms with E-state index in [1.165, 1.54) is 32.1 Å². The van der Waals surface area contributed by atoms with Gasteiger partial charge in [0.25, 0.3) is 0 Å². The van der Waals surface area contributed by atoms with Crippen LogP contribution in [0.4, 0.5) is 0 Å². The molecule has 0 bridgehead atoms. The first-order valence-electron chi connectivity index (χ1n) is 7.70. The van der Waals surface area contributed by atoms with Crippen LogP contribution in [0.1, 0.15) is 38.5 Å². The van der Waals surface area contributed by atoms with Crippen LogP contribution in [0.25, 0.3) is 0 Å². The fourth-order valence-corrected chi connectivity index (χ4v) is 3.16. The molecule has 0 spiro atoms. The fraction of sp³-hybridized carbons (Fsp3) is 0.471. The highest BCUT2D eigenvalue weighted by Crippen LogP contribution is 2.31. The molecular formula is C17H21NO3. The molecule has 0 unspecified atom stereocenters. The van der Waals surface area contributed by atoms with Crippen molar-refractivity contribution in [3.05, 3.63) is 47.7 Å². The lowest BCUT2D eigenvalue weighted by molar-refractivity contribution is -0.134. The number of carboxylic acids is 1. The van der Waals surface area contributed by atoms with Gasteiger partial charge >= 0.3 is 5.97 Å². The number of nitrogens with zero attached hydrogens (tertiary/aromatic N) is 1. The third-order valence-electron chi connectivity index (χ3n) is 4.30.